The molecule has 0 spiro atoms. The molecule has 0 N–H and O–H groups in total. The molecule has 1 fully saturated rings. The maximum Gasteiger partial charge on any atom is 0.233 e. The van der Waals surface area contributed by atoms with Gasteiger partial charge in [0.15, 0.2) is 5.78 Å². The molecule has 2 rings (SSSR count). The van der Waals surface area contributed by atoms with Crippen LogP contribution in [0.25, 0.3) is 0 Å². The molecule has 1 aromatic rings. The molecule has 1 heterocycles. The molecule has 0 saturated carbocycles. The van der Waals surface area contributed by atoms with Gasteiger partial charge in [0.2, 0.25) is 5.91 Å². The summed E-state index contributed by atoms with van der Waals surface area (Å²) >= 11 is 3.35. The predicted octanol–water partition coefficient (Wildman–Crippen LogP) is 3.48. The van der Waals surface area contributed by atoms with Gasteiger partial charge in [0.05, 0.1) is 0 Å². The van der Waals surface area contributed by atoms with Crippen LogP contribution in [0.1, 0.15) is 37.0 Å². The van der Waals surface area contributed by atoms with E-state index in [1.807, 2.05) is 26.0 Å². The second-order valence-corrected chi connectivity index (χ2v) is 6.45. The van der Waals surface area contributed by atoms with Crippen LogP contribution in [-0.4, -0.2) is 29.7 Å². The van der Waals surface area contributed by atoms with Gasteiger partial charge in [0.1, 0.15) is 5.92 Å². The first-order valence-corrected chi connectivity index (χ1v) is 7.66. The summed E-state index contributed by atoms with van der Waals surface area (Å²) in [6.07, 6.45) is 1.55. The standard InChI is InChI=1S/C16H19BrNO2/c1-11(2)10-18-9-3-4-14(16(18)20)15(19)12-5-7-13(17)8-6-12/h5-8,14H,3-4,9-10H2,1-2H3. The Morgan fingerprint density at radius 1 is 1.30 bits per heavy atom. The number of hydrogen-bond acceptors (Lipinski definition) is 2. The fourth-order valence-electron chi connectivity index (χ4n) is 2.54. The van der Waals surface area contributed by atoms with Gasteiger partial charge in [-0.2, -0.15) is 0 Å². The molecule has 1 amide bonds. The van der Waals surface area contributed by atoms with E-state index in [9.17, 15) is 9.59 Å². The molecule has 1 saturated heterocycles. The molecule has 4 heteroatoms. The van der Waals surface area contributed by atoms with E-state index in [2.05, 4.69) is 15.9 Å². The smallest absolute Gasteiger partial charge is 0.233 e. The number of hydrogen-bond donors (Lipinski definition) is 0. The van der Waals surface area contributed by atoms with Gasteiger partial charge in [0.25, 0.3) is 0 Å². The number of halogens is 1. The van der Waals surface area contributed by atoms with Crippen molar-refractivity contribution in [3.63, 3.8) is 0 Å². The number of rotatable bonds is 4. The SMILES string of the molecule is C[C](C)CN1CCCC(C(=O)c2ccc(Br)cc2)C1=O. The number of carbonyl (C=O) groups excluding carboxylic acids is 2. The third kappa shape index (κ3) is 3.48. The van der Waals surface area contributed by atoms with Crippen molar-refractivity contribution in [2.45, 2.75) is 26.7 Å². The normalized spacial score (nSPS) is 19.5. The zero-order chi connectivity index (χ0) is 14.7. The van der Waals surface area contributed by atoms with Crippen LogP contribution in [0.3, 0.4) is 0 Å². The maximum absolute atomic E-state index is 12.5. The minimum absolute atomic E-state index is 0.0228. The van der Waals surface area contributed by atoms with Crippen LogP contribution >= 0.6 is 15.9 Å². The second kappa shape index (κ2) is 6.53. The quantitative estimate of drug-likeness (QED) is 0.623. The van der Waals surface area contributed by atoms with Gasteiger partial charge in [0, 0.05) is 23.1 Å². The summed E-state index contributed by atoms with van der Waals surface area (Å²) in [6.45, 7) is 5.43. The zero-order valence-corrected chi connectivity index (χ0v) is 13.4. The Hall–Kier alpha value is -1.16. The van der Waals surface area contributed by atoms with Gasteiger partial charge in [-0.1, -0.05) is 41.9 Å². The third-order valence-corrected chi connectivity index (χ3v) is 4.01. The largest absolute Gasteiger partial charge is 0.342 e. The average Bonchev–Trinajstić information content (AvgIpc) is 2.41. The second-order valence-electron chi connectivity index (χ2n) is 5.53. The molecule has 3 nitrogen and oxygen atoms in total. The van der Waals surface area contributed by atoms with E-state index in [1.54, 1.807) is 17.0 Å². The number of piperidine rings is 1. The van der Waals surface area contributed by atoms with Crippen LogP contribution in [0.4, 0.5) is 0 Å². The van der Waals surface area contributed by atoms with Crippen molar-refractivity contribution in [2.75, 3.05) is 13.1 Å². The highest BCUT2D eigenvalue weighted by molar-refractivity contribution is 9.10. The molecule has 1 atom stereocenters. The molecule has 1 aliphatic rings. The van der Waals surface area contributed by atoms with Gasteiger partial charge in [-0.3, -0.25) is 9.59 Å². The monoisotopic (exact) mass is 336 g/mol. The van der Waals surface area contributed by atoms with Crippen molar-refractivity contribution in [1.82, 2.24) is 4.90 Å². The van der Waals surface area contributed by atoms with E-state index in [4.69, 9.17) is 0 Å². The van der Waals surface area contributed by atoms with E-state index in [0.717, 1.165) is 17.4 Å². The number of likely N-dealkylation sites (tertiary alicyclic amines) is 1. The fraction of sp³-hybridized carbons (Fsp3) is 0.438. The Kier molecular flexibility index (Phi) is 4.97. The van der Waals surface area contributed by atoms with Crippen molar-refractivity contribution < 1.29 is 9.59 Å². The number of nitrogens with zero attached hydrogens (tertiary/aromatic N) is 1. The third-order valence-electron chi connectivity index (χ3n) is 3.48. The minimum atomic E-state index is -0.510. The Labute approximate surface area is 128 Å². The fourth-order valence-corrected chi connectivity index (χ4v) is 2.80. The number of carbonyl (C=O) groups is 2. The molecular formula is C16H19BrNO2. The summed E-state index contributed by atoms with van der Waals surface area (Å²) in [6, 6.07) is 7.22. The van der Waals surface area contributed by atoms with Crippen LogP contribution in [0, 0.1) is 11.8 Å². The van der Waals surface area contributed by atoms with Gasteiger partial charge in [-0.25, -0.2) is 0 Å². The Morgan fingerprint density at radius 2 is 1.95 bits per heavy atom. The van der Waals surface area contributed by atoms with Crippen LogP contribution in [0.2, 0.25) is 0 Å². The van der Waals surface area contributed by atoms with Gasteiger partial charge < -0.3 is 4.90 Å². The first-order chi connectivity index (χ1) is 9.49. The van der Waals surface area contributed by atoms with Crippen molar-refractivity contribution in [1.29, 1.82) is 0 Å². The summed E-state index contributed by atoms with van der Waals surface area (Å²) in [5, 5.41) is 0. The van der Waals surface area contributed by atoms with E-state index >= 15 is 0 Å². The van der Waals surface area contributed by atoms with Crippen LogP contribution in [0.15, 0.2) is 28.7 Å². The summed E-state index contributed by atoms with van der Waals surface area (Å²) < 4.78 is 0.932. The Morgan fingerprint density at radius 3 is 2.55 bits per heavy atom. The van der Waals surface area contributed by atoms with Crippen molar-refractivity contribution >= 4 is 27.6 Å². The average molecular weight is 337 g/mol. The Balaban J connectivity index is 2.12. The van der Waals surface area contributed by atoms with E-state index in [1.165, 1.54) is 5.92 Å². The molecule has 0 bridgehead atoms. The van der Waals surface area contributed by atoms with Crippen molar-refractivity contribution in [3.8, 4) is 0 Å². The van der Waals surface area contributed by atoms with Crippen molar-refractivity contribution in [2.24, 2.45) is 5.92 Å². The molecule has 20 heavy (non-hydrogen) atoms. The summed E-state index contributed by atoms with van der Waals surface area (Å²) in [5.41, 5.74) is 0.616. The van der Waals surface area contributed by atoms with Gasteiger partial charge >= 0.3 is 0 Å². The molecule has 1 unspecified atom stereocenters. The highest BCUT2D eigenvalue weighted by Crippen LogP contribution is 2.24. The van der Waals surface area contributed by atoms with Gasteiger partial charge in [-0.15, -0.1) is 0 Å². The number of amides is 1. The molecule has 0 aliphatic carbocycles. The molecule has 107 valence electrons. The summed E-state index contributed by atoms with van der Waals surface area (Å²) in [5.74, 6) is 0.602. The topological polar surface area (TPSA) is 37.4 Å². The highest BCUT2D eigenvalue weighted by Gasteiger charge is 2.34. The first kappa shape index (κ1) is 15.2. The molecule has 1 radical (unpaired) electrons. The highest BCUT2D eigenvalue weighted by atomic mass is 79.9. The van der Waals surface area contributed by atoms with Gasteiger partial charge in [-0.05, 0) is 30.9 Å². The number of Topliss-reactive ketones (excluding diaryl/α,β-unsaturated/α-hetero) is 1. The summed E-state index contributed by atoms with van der Waals surface area (Å²) in [7, 11) is 0. The zero-order valence-electron chi connectivity index (χ0n) is 11.9. The molecule has 1 aromatic carbocycles. The number of benzene rings is 1. The molecule has 0 aromatic heterocycles. The lowest BCUT2D eigenvalue weighted by molar-refractivity contribution is -0.136. The van der Waals surface area contributed by atoms with E-state index < -0.39 is 5.92 Å². The lowest BCUT2D eigenvalue weighted by atomic mass is 9.89. The summed E-state index contributed by atoms with van der Waals surface area (Å²) in [4.78, 5) is 26.7. The lowest BCUT2D eigenvalue weighted by Gasteiger charge is -2.32. The molecule has 1 aliphatic heterocycles. The van der Waals surface area contributed by atoms with Crippen molar-refractivity contribution in [3.05, 3.63) is 40.2 Å². The first-order valence-electron chi connectivity index (χ1n) is 6.86. The Bertz CT molecular complexity index is 496. The van der Waals surface area contributed by atoms with E-state index in [0.29, 0.717) is 18.5 Å². The van der Waals surface area contributed by atoms with Crippen LogP contribution < -0.4 is 0 Å². The lowest BCUT2D eigenvalue weighted by Crippen LogP contribution is -2.45. The van der Waals surface area contributed by atoms with E-state index in [-0.39, 0.29) is 11.7 Å². The predicted molar refractivity (Wildman–Crippen MR) is 82.4 cm³/mol. The maximum atomic E-state index is 12.5. The number of ketones is 1. The van der Waals surface area contributed by atoms with Crippen LogP contribution in [-0.2, 0) is 4.79 Å². The minimum Gasteiger partial charge on any atom is -0.342 e. The molecular weight excluding hydrogens is 318 g/mol. The van der Waals surface area contributed by atoms with Crippen LogP contribution in [0.5, 0.6) is 0 Å².